The van der Waals surface area contributed by atoms with Gasteiger partial charge in [0.15, 0.2) is 0 Å². The first-order valence-electron chi connectivity index (χ1n) is 16.2. The van der Waals surface area contributed by atoms with Crippen molar-refractivity contribution in [2.75, 3.05) is 31.2 Å². The molecule has 1 atom stereocenters. The lowest BCUT2D eigenvalue weighted by molar-refractivity contribution is -0.136. The van der Waals surface area contributed by atoms with Crippen molar-refractivity contribution in [3.05, 3.63) is 48.5 Å². The predicted molar refractivity (Wildman–Crippen MR) is 172 cm³/mol. The third-order valence-corrected chi connectivity index (χ3v) is 7.36. The van der Waals surface area contributed by atoms with Crippen LogP contribution in [-0.4, -0.2) is 54.6 Å². The molecule has 0 saturated carbocycles. The summed E-state index contributed by atoms with van der Waals surface area (Å²) >= 11 is 0. The minimum atomic E-state index is -1.12. The molecule has 2 aromatic rings. The Morgan fingerprint density at radius 1 is 0.674 bits per heavy atom. The Bertz CT molecular complexity index is 1010. The zero-order chi connectivity index (χ0) is 31.1. The predicted octanol–water partition coefficient (Wildman–Crippen LogP) is 8.37. The van der Waals surface area contributed by atoms with Crippen LogP contribution in [0.4, 0.5) is 5.69 Å². The molecular formula is C35H53NO7. The molecule has 0 aromatic heterocycles. The number of para-hydroxylation sites is 1. The number of ether oxygens (including phenoxy) is 3. The SMILES string of the molecule is CCCCCCCCCCCCCCOc1cc(OCCC(CC)Oc2ccccc2)cc(N(CC(=O)O)CC(=O)O)c1. The number of unbranched alkanes of at least 4 members (excludes halogenated alkanes) is 11. The Kier molecular flexibility index (Phi) is 18.4. The van der Waals surface area contributed by atoms with Crippen molar-refractivity contribution in [2.45, 2.75) is 110 Å². The number of anilines is 1. The van der Waals surface area contributed by atoms with Crippen LogP contribution in [0.3, 0.4) is 0 Å². The summed E-state index contributed by atoms with van der Waals surface area (Å²) in [4.78, 5) is 24.2. The molecule has 8 heteroatoms. The van der Waals surface area contributed by atoms with Gasteiger partial charge in [-0.3, -0.25) is 9.59 Å². The molecule has 0 fully saturated rings. The van der Waals surface area contributed by atoms with Crippen LogP contribution < -0.4 is 19.1 Å². The van der Waals surface area contributed by atoms with E-state index in [-0.39, 0.29) is 6.10 Å². The van der Waals surface area contributed by atoms with Crippen molar-refractivity contribution in [3.8, 4) is 17.2 Å². The van der Waals surface area contributed by atoms with Crippen LogP contribution in [0.25, 0.3) is 0 Å². The van der Waals surface area contributed by atoms with E-state index in [2.05, 4.69) is 13.8 Å². The summed E-state index contributed by atoms with van der Waals surface area (Å²) in [6.07, 6.45) is 16.6. The molecule has 43 heavy (non-hydrogen) atoms. The van der Waals surface area contributed by atoms with Crippen LogP contribution in [0.15, 0.2) is 48.5 Å². The van der Waals surface area contributed by atoms with Gasteiger partial charge in [0.1, 0.15) is 36.4 Å². The topological polar surface area (TPSA) is 106 Å². The van der Waals surface area contributed by atoms with E-state index in [0.717, 1.165) is 25.0 Å². The molecule has 0 aliphatic heterocycles. The van der Waals surface area contributed by atoms with Gasteiger partial charge >= 0.3 is 11.9 Å². The second kappa shape index (κ2) is 22.2. The van der Waals surface area contributed by atoms with E-state index in [0.29, 0.717) is 36.8 Å². The number of hydrogen-bond acceptors (Lipinski definition) is 6. The highest BCUT2D eigenvalue weighted by Gasteiger charge is 2.17. The molecule has 0 aliphatic carbocycles. The minimum Gasteiger partial charge on any atom is -0.493 e. The van der Waals surface area contributed by atoms with Gasteiger partial charge in [-0.25, -0.2) is 0 Å². The van der Waals surface area contributed by atoms with E-state index in [1.807, 2.05) is 30.3 Å². The monoisotopic (exact) mass is 599 g/mol. The molecule has 0 saturated heterocycles. The molecule has 240 valence electrons. The number of benzene rings is 2. The second-order valence-electron chi connectivity index (χ2n) is 11.1. The van der Waals surface area contributed by atoms with Crippen molar-refractivity contribution in [3.63, 3.8) is 0 Å². The quantitative estimate of drug-likeness (QED) is 0.104. The van der Waals surface area contributed by atoms with E-state index in [1.54, 1.807) is 18.2 Å². The first-order chi connectivity index (χ1) is 20.9. The number of carbonyl (C=O) groups is 2. The number of carboxylic acid groups (broad SMARTS) is 2. The maximum absolute atomic E-state index is 11.5. The summed E-state index contributed by atoms with van der Waals surface area (Å²) in [5, 5.41) is 18.7. The third kappa shape index (κ3) is 16.7. The van der Waals surface area contributed by atoms with Gasteiger partial charge in [0, 0.05) is 30.3 Å². The van der Waals surface area contributed by atoms with Crippen molar-refractivity contribution in [1.29, 1.82) is 0 Å². The zero-order valence-corrected chi connectivity index (χ0v) is 26.3. The molecule has 2 aromatic carbocycles. The molecule has 8 nitrogen and oxygen atoms in total. The molecule has 2 rings (SSSR count). The van der Waals surface area contributed by atoms with Crippen LogP contribution in [0, 0.1) is 0 Å². The van der Waals surface area contributed by atoms with Crippen LogP contribution in [-0.2, 0) is 9.59 Å². The molecule has 0 bridgehead atoms. The highest BCUT2D eigenvalue weighted by molar-refractivity contribution is 5.80. The smallest absolute Gasteiger partial charge is 0.323 e. The third-order valence-electron chi connectivity index (χ3n) is 7.36. The lowest BCUT2D eigenvalue weighted by Gasteiger charge is -2.23. The van der Waals surface area contributed by atoms with Gasteiger partial charge in [0.25, 0.3) is 0 Å². The summed E-state index contributed by atoms with van der Waals surface area (Å²) in [6.45, 7) is 4.32. The number of hydrogen-bond donors (Lipinski definition) is 2. The van der Waals surface area contributed by atoms with Crippen LogP contribution >= 0.6 is 0 Å². The van der Waals surface area contributed by atoms with Crippen molar-refractivity contribution in [1.82, 2.24) is 0 Å². The molecule has 1 unspecified atom stereocenters. The van der Waals surface area contributed by atoms with Crippen molar-refractivity contribution < 1.29 is 34.0 Å². The van der Waals surface area contributed by atoms with E-state index in [4.69, 9.17) is 14.2 Å². The molecular weight excluding hydrogens is 546 g/mol. The van der Waals surface area contributed by atoms with Crippen molar-refractivity contribution in [2.24, 2.45) is 0 Å². The molecule has 0 spiro atoms. The van der Waals surface area contributed by atoms with Gasteiger partial charge < -0.3 is 29.3 Å². The van der Waals surface area contributed by atoms with Gasteiger partial charge in [0.2, 0.25) is 0 Å². The van der Waals surface area contributed by atoms with Crippen molar-refractivity contribution >= 4 is 17.6 Å². The Morgan fingerprint density at radius 3 is 1.70 bits per heavy atom. The van der Waals surface area contributed by atoms with Gasteiger partial charge in [-0.2, -0.15) is 0 Å². The number of rotatable bonds is 26. The second-order valence-corrected chi connectivity index (χ2v) is 11.1. The fourth-order valence-electron chi connectivity index (χ4n) is 4.95. The average Bonchev–Trinajstić information content (AvgIpc) is 2.98. The minimum absolute atomic E-state index is 0.0254. The standard InChI is InChI=1S/C35H53NO7/c1-3-5-6-7-8-9-10-11-12-13-14-18-22-41-32-24-29(36(27-34(37)38)28-35(39)40)25-33(26-32)42-23-21-30(4-2)43-31-19-16-15-17-20-31/h15-17,19-20,24-26,30H,3-14,18,21-23,27-28H2,1-2H3,(H,37,38)(H,39,40). The van der Waals surface area contributed by atoms with Gasteiger partial charge in [-0.05, 0) is 25.0 Å². The summed E-state index contributed by atoms with van der Waals surface area (Å²) in [7, 11) is 0. The Labute approximate surface area is 258 Å². The number of aliphatic carboxylic acids is 2. The van der Waals surface area contributed by atoms with Gasteiger partial charge in [0.05, 0.1) is 13.2 Å². The van der Waals surface area contributed by atoms with E-state index in [1.165, 1.54) is 69.1 Å². The average molecular weight is 600 g/mol. The molecule has 0 radical (unpaired) electrons. The lowest BCUT2D eigenvalue weighted by Crippen LogP contribution is -2.34. The fraction of sp³-hybridized carbons (Fsp3) is 0.600. The first-order valence-corrected chi connectivity index (χ1v) is 16.2. The highest BCUT2D eigenvalue weighted by atomic mass is 16.5. The summed E-state index contributed by atoms with van der Waals surface area (Å²) in [5.74, 6) is -0.393. The molecule has 0 aliphatic rings. The lowest BCUT2D eigenvalue weighted by atomic mass is 10.1. The van der Waals surface area contributed by atoms with Gasteiger partial charge in [-0.15, -0.1) is 0 Å². The summed E-state index contributed by atoms with van der Waals surface area (Å²) in [5.41, 5.74) is 0.430. The van der Waals surface area contributed by atoms with E-state index >= 15 is 0 Å². The summed E-state index contributed by atoms with van der Waals surface area (Å²) in [6, 6.07) is 14.8. The van der Waals surface area contributed by atoms with E-state index < -0.39 is 25.0 Å². The molecule has 0 amide bonds. The summed E-state index contributed by atoms with van der Waals surface area (Å²) < 4.78 is 18.2. The molecule has 0 heterocycles. The highest BCUT2D eigenvalue weighted by Crippen LogP contribution is 2.29. The Hall–Kier alpha value is -3.42. The Morgan fingerprint density at radius 2 is 1.19 bits per heavy atom. The normalized spacial score (nSPS) is 11.6. The van der Waals surface area contributed by atoms with Crippen LogP contribution in [0.2, 0.25) is 0 Å². The number of nitrogens with zero attached hydrogens (tertiary/aromatic N) is 1. The fourth-order valence-corrected chi connectivity index (χ4v) is 4.95. The van der Waals surface area contributed by atoms with Gasteiger partial charge in [-0.1, -0.05) is 103 Å². The number of carboxylic acids is 2. The zero-order valence-electron chi connectivity index (χ0n) is 26.3. The molecule has 2 N–H and O–H groups in total. The maximum atomic E-state index is 11.5. The first kappa shape index (κ1) is 35.8. The van der Waals surface area contributed by atoms with Crippen LogP contribution in [0.5, 0.6) is 17.2 Å². The van der Waals surface area contributed by atoms with E-state index in [9.17, 15) is 19.8 Å². The largest absolute Gasteiger partial charge is 0.493 e. The van der Waals surface area contributed by atoms with Crippen LogP contribution in [0.1, 0.15) is 104 Å². The maximum Gasteiger partial charge on any atom is 0.323 e. The Balaban J connectivity index is 1.89.